The van der Waals surface area contributed by atoms with Crippen molar-refractivity contribution in [3.63, 3.8) is 0 Å². The van der Waals surface area contributed by atoms with Crippen LogP contribution in [0.4, 0.5) is 11.5 Å². The molecule has 0 atom stereocenters. The first-order valence-electron chi connectivity index (χ1n) is 7.67. The number of imidazole rings is 1. The molecule has 0 saturated heterocycles. The molecule has 1 N–H and O–H groups in total. The highest BCUT2D eigenvalue weighted by Crippen LogP contribution is 2.26. The van der Waals surface area contributed by atoms with Gasteiger partial charge in [0, 0.05) is 11.8 Å². The number of carbonyl (C=O) groups excluding carboxylic acids is 1. The highest BCUT2D eigenvalue weighted by atomic mass is 16.4. The summed E-state index contributed by atoms with van der Waals surface area (Å²) in [6, 6.07) is 10.5. The van der Waals surface area contributed by atoms with Crippen molar-refractivity contribution >= 4 is 28.9 Å². The molecule has 126 valence electrons. The van der Waals surface area contributed by atoms with Crippen molar-refractivity contribution in [2.45, 2.75) is 20.3 Å². The van der Waals surface area contributed by atoms with Crippen LogP contribution in [0.5, 0.6) is 0 Å². The summed E-state index contributed by atoms with van der Waals surface area (Å²) in [6.07, 6.45) is 1.52. The van der Waals surface area contributed by atoms with E-state index in [1.165, 1.54) is 6.92 Å². The largest absolute Gasteiger partial charge is 0.481 e. The highest BCUT2D eigenvalue weighted by molar-refractivity contribution is 5.94. The van der Waals surface area contributed by atoms with Gasteiger partial charge < -0.3 is 5.11 Å². The highest BCUT2D eigenvalue weighted by Gasteiger charge is 2.16. The summed E-state index contributed by atoms with van der Waals surface area (Å²) in [7, 11) is 0. The minimum Gasteiger partial charge on any atom is -0.481 e. The number of carbonyl (C=O) groups is 2. The zero-order valence-electron chi connectivity index (χ0n) is 13.8. The number of aliphatic carboxylic acids is 1. The van der Waals surface area contributed by atoms with Crippen LogP contribution in [0.2, 0.25) is 0 Å². The lowest BCUT2D eigenvalue weighted by molar-refractivity contribution is -0.136. The van der Waals surface area contributed by atoms with Gasteiger partial charge in [0.05, 0.1) is 17.8 Å². The Morgan fingerprint density at radius 3 is 2.72 bits per heavy atom. The van der Waals surface area contributed by atoms with Gasteiger partial charge in [-0.15, -0.1) is 10.2 Å². The molecule has 0 saturated carbocycles. The van der Waals surface area contributed by atoms with Gasteiger partial charge in [0.15, 0.2) is 11.6 Å². The molecule has 0 spiro atoms. The Kier molecular flexibility index (Phi) is 4.38. The summed E-state index contributed by atoms with van der Waals surface area (Å²) in [5.74, 6) is -0.681. The Bertz CT molecular complexity index is 1000. The second-order valence-corrected chi connectivity index (χ2v) is 5.64. The fourth-order valence-corrected chi connectivity index (χ4v) is 2.50. The minimum atomic E-state index is -0.990. The molecule has 7 heteroatoms. The SMILES string of the molecule is CC(=O)c1cccc(N=Nc2c(CC(=O)O)nc3c(C)cccn23)c1. The van der Waals surface area contributed by atoms with Crippen LogP contribution < -0.4 is 0 Å². The van der Waals surface area contributed by atoms with E-state index in [1.807, 2.05) is 19.1 Å². The van der Waals surface area contributed by atoms with Gasteiger partial charge >= 0.3 is 5.97 Å². The molecule has 0 amide bonds. The summed E-state index contributed by atoms with van der Waals surface area (Å²) in [6.45, 7) is 3.37. The van der Waals surface area contributed by atoms with Gasteiger partial charge in [-0.1, -0.05) is 18.2 Å². The summed E-state index contributed by atoms with van der Waals surface area (Å²) < 4.78 is 1.71. The number of aromatic nitrogens is 2. The molecule has 0 fully saturated rings. The van der Waals surface area contributed by atoms with Crippen molar-refractivity contribution in [3.05, 3.63) is 59.4 Å². The van der Waals surface area contributed by atoms with Crippen LogP contribution in [-0.4, -0.2) is 26.2 Å². The maximum atomic E-state index is 11.5. The lowest BCUT2D eigenvalue weighted by Gasteiger charge is -1.99. The van der Waals surface area contributed by atoms with Crippen LogP contribution in [0.1, 0.15) is 28.5 Å². The van der Waals surface area contributed by atoms with Gasteiger partial charge in [-0.3, -0.25) is 14.0 Å². The maximum Gasteiger partial charge on any atom is 0.309 e. The zero-order chi connectivity index (χ0) is 18.0. The molecule has 7 nitrogen and oxygen atoms in total. The van der Waals surface area contributed by atoms with E-state index in [2.05, 4.69) is 15.2 Å². The number of aryl methyl sites for hydroxylation is 1. The number of fused-ring (bicyclic) bond motifs is 1. The fraction of sp³-hybridized carbons (Fsp3) is 0.167. The zero-order valence-corrected chi connectivity index (χ0v) is 13.8. The topological polar surface area (TPSA) is 96.4 Å². The van der Waals surface area contributed by atoms with E-state index in [9.17, 15) is 9.59 Å². The van der Waals surface area contributed by atoms with E-state index in [0.29, 0.717) is 28.4 Å². The Balaban J connectivity index is 2.08. The molecule has 0 unspecified atom stereocenters. The van der Waals surface area contributed by atoms with Crippen molar-refractivity contribution in [1.82, 2.24) is 9.38 Å². The molecule has 1 aromatic carbocycles. The first-order valence-corrected chi connectivity index (χ1v) is 7.67. The van der Waals surface area contributed by atoms with Gasteiger partial charge in [-0.2, -0.15) is 0 Å². The molecule has 2 aromatic heterocycles. The number of ketones is 1. The second-order valence-electron chi connectivity index (χ2n) is 5.64. The Morgan fingerprint density at radius 2 is 2.00 bits per heavy atom. The normalized spacial score (nSPS) is 11.3. The van der Waals surface area contributed by atoms with Gasteiger partial charge in [0.1, 0.15) is 5.65 Å². The summed E-state index contributed by atoms with van der Waals surface area (Å²) >= 11 is 0. The molecule has 0 aliphatic heterocycles. The molecule has 3 rings (SSSR count). The molecular weight excluding hydrogens is 320 g/mol. The van der Waals surface area contributed by atoms with Gasteiger partial charge in [0.2, 0.25) is 0 Å². The third-order valence-electron chi connectivity index (χ3n) is 3.72. The molecule has 0 bridgehead atoms. The standard InChI is InChI=1S/C18H16N4O3/c1-11-5-4-8-22-17(11)19-15(10-16(24)25)18(22)21-20-14-7-3-6-13(9-14)12(2)23/h3-9H,10H2,1-2H3,(H,24,25). The quantitative estimate of drug-likeness (QED) is 0.564. The van der Waals surface area contributed by atoms with Crippen molar-refractivity contribution in [3.8, 4) is 0 Å². The average molecular weight is 336 g/mol. The van der Waals surface area contributed by atoms with E-state index in [1.54, 1.807) is 34.9 Å². The van der Waals surface area contributed by atoms with Crippen LogP contribution >= 0.6 is 0 Å². The first-order chi connectivity index (χ1) is 12.0. The molecule has 0 aliphatic rings. The van der Waals surface area contributed by atoms with Crippen LogP contribution in [0.25, 0.3) is 5.65 Å². The van der Waals surface area contributed by atoms with Crippen LogP contribution in [0.15, 0.2) is 52.8 Å². The number of carboxylic acids is 1. The summed E-state index contributed by atoms with van der Waals surface area (Å²) in [5.41, 5.74) is 2.94. The number of carboxylic acid groups (broad SMARTS) is 1. The molecule has 2 heterocycles. The predicted octanol–water partition coefficient (Wildman–Crippen LogP) is 3.89. The average Bonchev–Trinajstić information content (AvgIpc) is 2.91. The van der Waals surface area contributed by atoms with E-state index in [0.717, 1.165) is 5.56 Å². The van der Waals surface area contributed by atoms with E-state index in [-0.39, 0.29) is 12.2 Å². The molecule has 0 aliphatic carbocycles. The Morgan fingerprint density at radius 1 is 1.20 bits per heavy atom. The number of nitrogens with zero attached hydrogens (tertiary/aromatic N) is 4. The third kappa shape index (κ3) is 3.45. The lowest BCUT2D eigenvalue weighted by atomic mass is 10.1. The van der Waals surface area contributed by atoms with Crippen LogP contribution in [0.3, 0.4) is 0 Å². The minimum absolute atomic E-state index is 0.0611. The summed E-state index contributed by atoms with van der Waals surface area (Å²) in [4.78, 5) is 27.0. The number of benzene rings is 1. The molecular formula is C18H16N4O3. The van der Waals surface area contributed by atoms with E-state index >= 15 is 0 Å². The fourth-order valence-electron chi connectivity index (χ4n) is 2.50. The van der Waals surface area contributed by atoms with Crippen molar-refractivity contribution < 1.29 is 14.7 Å². The van der Waals surface area contributed by atoms with E-state index < -0.39 is 5.97 Å². The van der Waals surface area contributed by atoms with E-state index in [4.69, 9.17) is 5.11 Å². The smallest absolute Gasteiger partial charge is 0.309 e. The van der Waals surface area contributed by atoms with Gasteiger partial charge in [-0.25, -0.2) is 4.98 Å². The van der Waals surface area contributed by atoms with Gasteiger partial charge in [-0.05, 0) is 37.6 Å². The molecule has 0 radical (unpaired) electrons. The van der Waals surface area contributed by atoms with Crippen molar-refractivity contribution in [2.24, 2.45) is 10.2 Å². The summed E-state index contributed by atoms with van der Waals surface area (Å²) in [5, 5.41) is 17.5. The maximum absolute atomic E-state index is 11.5. The first kappa shape index (κ1) is 16.5. The molecule has 3 aromatic rings. The monoisotopic (exact) mass is 336 g/mol. The number of azo groups is 1. The number of Topliss-reactive ketones (excluding diaryl/α,β-unsaturated/α-hetero) is 1. The lowest BCUT2D eigenvalue weighted by Crippen LogP contribution is -2.00. The Labute approximate surface area is 143 Å². The van der Waals surface area contributed by atoms with Crippen LogP contribution in [0, 0.1) is 6.92 Å². The Hall–Kier alpha value is -3.35. The van der Waals surface area contributed by atoms with Gasteiger partial charge in [0.25, 0.3) is 0 Å². The molecule has 25 heavy (non-hydrogen) atoms. The number of hydrogen-bond acceptors (Lipinski definition) is 5. The van der Waals surface area contributed by atoms with Crippen molar-refractivity contribution in [1.29, 1.82) is 0 Å². The van der Waals surface area contributed by atoms with Crippen LogP contribution in [-0.2, 0) is 11.2 Å². The predicted molar refractivity (Wildman–Crippen MR) is 91.9 cm³/mol. The second kappa shape index (κ2) is 6.64. The third-order valence-corrected chi connectivity index (χ3v) is 3.72. The number of hydrogen-bond donors (Lipinski definition) is 1. The number of pyridine rings is 1. The number of rotatable bonds is 5. The van der Waals surface area contributed by atoms with Crippen molar-refractivity contribution in [2.75, 3.05) is 0 Å².